The van der Waals surface area contributed by atoms with Crippen molar-refractivity contribution in [3.63, 3.8) is 0 Å². The third-order valence-electron chi connectivity index (χ3n) is 1.73. The van der Waals surface area contributed by atoms with Crippen LogP contribution in [0.5, 0.6) is 11.8 Å². The molecule has 0 spiro atoms. The summed E-state index contributed by atoms with van der Waals surface area (Å²) in [4.78, 5) is 14.8. The second-order valence-corrected chi connectivity index (χ2v) is 3.95. The van der Waals surface area contributed by atoms with Gasteiger partial charge in [0.1, 0.15) is 0 Å². The van der Waals surface area contributed by atoms with Gasteiger partial charge in [-0.05, 0) is 22.6 Å². The van der Waals surface area contributed by atoms with Gasteiger partial charge in [0.25, 0.3) is 0 Å². The smallest absolute Gasteiger partial charge is 0.481 e. The average molecular weight is 377 g/mol. The zero-order valence-electron chi connectivity index (χ0n) is 9.17. The first-order valence-electron chi connectivity index (χ1n) is 4.37. The Labute approximate surface area is 113 Å². The van der Waals surface area contributed by atoms with E-state index >= 15 is 0 Å². The maximum absolute atomic E-state index is 12.1. The number of hydrogen-bond acceptors (Lipinski definition) is 5. The summed E-state index contributed by atoms with van der Waals surface area (Å²) >= 11 is 1.51. The molecule has 1 aromatic heterocycles. The number of carbonyl (C=O) groups is 1. The van der Waals surface area contributed by atoms with E-state index < -0.39 is 18.2 Å². The fourth-order valence-electron chi connectivity index (χ4n) is 1.02. The molecule has 1 aromatic rings. The van der Waals surface area contributed by atoms with Crippen molar-refractivity contribution < 1.29 is 32.2 Å². The highest BCUT2D eigenvalue weighted by atomic mass is 127. The van der Waals surface area contributed by atoms with Crippen LogP contribution in [0, 0.1) is 3.57 Å². The van der Waals surface area contributed by atoms with Crippen LogP contribution in [0.3, 0.4) is 0 Å². The first-order chi connectivity index (χ1) is 8.28. The third kappa shape index (κ3) is 3.62. The average Bonchev–Trinajstić information content (AvgIpc) is 2.29. The highest BCUT2D eigenvalue weighted by Crippen LogP contribution is 2.31. The molecule has 0 radical (unpaired) electrons. The molecular weight excluding hydrogens is 370 g/mol. The van der Waals surface area contributed by atoms with Gasteiger partial charge in [0.15, 0.2) is 0 Å². The van der Waals surface area contributed by atoms with Crippen molar-refractivity contribution in [3.05, 3.63) is 15.2 Å². The minimum absolute atomic E-state index is 0.113. The monoisotopic (exact) mass is 377 g/mol. The Morgan fingerprint density at radius 2 is 2.00 bits per heavy atom. The summed E-state index contributed by atoms with van der Waals surface area (Å²) in [6.07, 6.45) is -4.91. The molecule has 0 aromatic carbocycles. The Bertz CT molecular complexity index is 464. The molecule has 0 saturated heterocycles. The van der Waals surface area contributed by atoms with E-state index in [1.807, 2.05) is 0 Å². The number of pyridine rings is 1. The van der Waals surface area contributed by atoms with E-state index in [1.165, 1.54) is 29.7 Å². The Morgan fingerprint density at radius 3 is 2.44 bits per heavy atom. The van der Waals surface area contributed by atoms with Crippen molar-refractivity contribution in [2.24, 2.45) is 0 Å². The van der Waals surface area contributed by atoms with Crippen molar-refractivity contribution in [3.8, 4) is 11.8 Å². The van der Waals surface area contributed by atoms with Gasteiger partial charge in [-0.1, -0.05) is 0 Å². The summed E-state index contributed by atoms with van der Waals surface area (Å²) in [6, 6.07) is 1.16. The second-order valence-electron chi connectivity index (χ2n) is 2.87. The number of methoxy groups -OCH3 is 2. The molecule has 9 heteroatoms. The van der Waals surface area contributed by atoms with Crippen molar-refractivity contribution in [1.82, 2.24) is 4.98 Å². The maximum atomic E-state index is 12.1. The van der Waals surface area contributed by atoms with Gasteiger partial charge in [0.2, 0.25) is 11.8 Å². The molecule has 0 N–H and O–H groups in total. The zero-order chi connectivity index (χ0) is 13.9. The molecule has 0 unspecified atom stereocenters. The van der Waals surface area contributed by atoms with Gasteiger partial charge in [-0.15, -0.1) is 13.2 Å². The summed E-state index contributed by atoms with van der Waals surface area (Å²) in [5.41, 5.74) is -0.121. The molecule has 0 aliphatic carbocycles. The Hall–Kier alpha value is -1.26. The van der Waals surface area contributed by atoms with E-state index in [2.05, 4.69) is 14.5 Å². The molecule has 0 bridgehead atoms. The van der Waals surface area contributed by atoms with Gasteiger partial charge >= 0.3 is 12.3 Å². The van der Waals surface area contributed by atoms with E-state index in [-0.39, 0.29) is 15.0 Å². The summed E-state index contributed by atoms with van der Waals surface area (Å²) in [5.74, 6) is -1.76. The summed E-state index contributed by atoms with van der Waals surface area (Å²) in [7, 11) is 2.31. The predicted molar refractivity (Wildman–Crippen MR) is 61.5 cm³/mol. The van der Waals surface area contributed by atoms with E-state index in [1.54, 1.807) is 0 Å². The number of ether oxygens (including phenoxy) is 3. The highest BCUT2D eigenvalue weighted by Gasteiger charge is 2.34. The second kappa shape index (κ2) is 5.59. The molecular formula is C9H7F3INO4. The van der Waals surface area contributed by atoms with Crippen LogP contribution in [0.15, 0.2) is 6.07 Å². The number of alkyl halides is 3. The van der Waals surface area contributed by atoms with Crippen molar-refractivity contribution in [2.45, 2.75) is 6.36 Å². The van der Waals surface area contributed by atoms with Crippen molar-refractivity contribution in [2.75, 3.05) is 14.2 Å². The Kier molecular flexibility index (Phi) is 4.59. The van der Waals surface area contributed by atoms with Gasteiger partial charge < -0.3 is 14.2 Å². The van der Waals surface area contributed by atoms with Gasteiger partial charge in [-0.25, -0.2) is 4.79 Å². The van der Waals surface area contributed by atoms with E-state index in [0.29, 0.717) is 0 Å². The van der Waals surface area contributed by atoms with E-state index in [4.69, 9.17) is 4.74 Å². The summed E-state index contributed by atoms with van der Waals surface area (Å²) < 4.78 is 49.2. The lowest BCUT2D eigenvalue weighted by Crippen LogP contribution is -2.20. The lowest BCUT2D eigenvalue weighted by atomic mass is 10.2. The van der Waals surface area contributed by atoms with Crippen LogP contribution >= 0.6 is 22.6 Å². The standard InChI is InChI=1S/C9H7F3INO4/c1-16-5-3-4(8(15)17-2)6(13)7(14-5)18-9(10,11)12/h3H,1-2H3. The number of esters is 1. The lowest BCUT2D eigenvalue weighted by Gasteiger charge is -2.12. The van der Waals surface area contributed by atoms with E-state index in [0.717, 1.165) is 13.2 Å². The molecule has 18 heavy (non-hydrogen) atoms. The van der Waals surface area contributed by atoms with Crippen molar-refractivity contribution in [1.29, 1.82) is 0 Å². The lowest BCUT2D eigenvalue weighted by molar-refractivity contribution is -0.276. The molecule has 0 aliphatic rings. The summed E-state index contributed by atoms with van der Waals surface area (Å²) in [5, 5.41) is 0. The molecule has 1 heterocycles. The van der Waals surface area contributed by atoms with Crippen LogP contribution in [0.25, 0.3) is 0 Å². The molecule has 0 amide bonds. The third-order valence-corrected chi connectivity index (χ3v) is 2.77. The molecule has 0 saturated carbocycles. The fraction of sp³-hybridized carbons (Fsp3) is 0.333. The molecule has 0 aliphatic heterocycles. The first kappa shape index (κ1) is 14.8. The number of aromatic nitrogens is 1. The minimum atomic E-state index is -4.91. The Balaban J connectivity index is 3.29. The minimum Gasteiger partial charge on any atom is -0.481 e. The molecule has 0 fully saturated rings. The van der Waals surface area contributed by atoms with Gasteiger partial charge in [0, 0.05) is 6.07 Å². The molecule has 5 nitrogen and oxygen atoms in total. The SMILES string of the molecule is COC(=O)c1cc(OC)nc(OC(F)(F)F)c1I. The number of rotatable bonds is 3. The Morgan fingerprint density at radius 1 is 1.39 bits per heavy atom. The van der Waals surface area contributed by atoms with Crippen LogP contribution in [0.2, 0.25) is 0 Å². The largest absolute Gasteiger partial charge is 0.574 e. The van der Waals surface area contributed by atoms with E-state index in [9.17, 15) is 18.0 Å². The molecule has 100 valence electrons. The quantitative estimate of drug-likeness (QED) is 0.598. The number of nitrogens with zero attached hydrogens (tertiary/aromatic N) is 1. The van der Waals surface area contributed by atoms with Crippen LogP contribution in [0.4, 0.5) is 13.2 Å². The maximum Gasteiger partial charge on any atom is 0.574 e. The van der Waals surface area contributed by atoms with Gasteiger partial charge in [0.05, 0.1) is 23.4 Å². The normalized spacial score (nSPS) is 11.0. The highest BCUT2D eigenvalue weighted by molar-refractivity contribution is 14.1. The zero-order valence-corrected chi connectivity index (χ0v) is 11.3. The molecule has 0 atom stereocenters. The van der Waals surface area contributed by atoms with Crippen molar-refractivity contribution >= 4 is 28.6 Å². The van der Waals surface area contributed by atoms with Crippen LogP contribution in [-0.4, -0.2) is 31.5 Å². The first-order valence-corrected chi connectivity index (χ1v) is 5.45. The number of halogens is 4. The van der Waals surface area contributed by atoms with Gasteiger partial charge in [-0.2, -0.15) is 4.98 Å². The summed E-state index contributed by atoms with van der Waals surface area (Å²) in [6.45, 7) is 0. The van der Waals surface area contributed by atoms with Crippen LogP contribution < -0.4 is 9.47 Å². The fourth-order valence-corrected chi connectivity index (χ4v) is 1.63. The number of carbonyl (C=O) groups excluding carboxylic acids is 1. The van der Waals surface area contributed by atoms with Crippen LogP contribution in [-0.2, 0) is 4.74 Å². The number of hydrogen-bond donors (Lipinski definition) is 0. The van der Waals surface area contributed by atoms with Gasteiger partial charge in [-0.3, -0.25) is 0 Å². The topological polar surface area (TPSA) is 57.7 Å². The van der Waals surface area contributed by atoms with Crippen LogP contribution in [0.1, 0.15) is 10.4 Å². The molecule has 1 rings (SSSR count). The predicted octanol–water partition coefficient (Wildman–Crippen LogP) is 2.38.